The number of fused-ring (bicyclic) bond motifs is 1. The lowest BCUT2D eigenvalue weighted by atomic mass is 10.1. The summed E-state index contributed by atoms with van der Waals surface area (Å²) >= 11 is 5.74. The smallest absolute Gasteiger partial charge is 0.410 e. The van der Waals surface area contributed by atoms with Crippen LogP contribution in [-0.2, 0) is 4.74 Å². The zero-order chi connectivity index (χ0) is 19.2. The van der Waals surface area contributed by atoms with Crippen LogP contribution in [0.15, 0.2) is 18.5 Å². The van der Waals surface area contributed by atoms with Crippen LogP contribution in [0.2, 0.25) is 5.15 Å². The number of hydrogen-bond donors (Lipinski definition) is 0. The van der Waals surface area contributed by atoms with Crippen molar-refractivity contribution >= 4 is 28.7 Å². The van der Waals surface area contributed by atoms with Crippen molar-refractivity contribution in [1.29, 1.82) is 0 Å². The van der Waals surface area contributed by atoms with Gasteiger partial charge in [-0.25, -0.2) is 9.78 Å². The second-order valence-corrected chi connectivity index (χ2v) is 7.29. The number of likely N-dealkylation sites (tertiary alicyclic amines) is 1. The number of piperidine rings is 1. The van der Waals surface area contributed by atoms with Crippen molar-refractivity contribution in [3.63, 3.8) is 0 Å². The first kappa shape index (κ1) is 20.2. The van der Waals surface area contributed by atoms with Gasteiger partial charge in [0, 0.05) is 31.5 Å². The van der Waals surface area contributed by atoms with Crippen molar-refractivity contribution in [2.75, 3.05) is 20.2 Å². The number of rotatable bonds is 1. The summed E-state index contributed by atoms with van der Waals surface area (Å²) in [5.74, 6) is 0.399. The number of nitrogens with zero attached hydrogens (tertiary/aromatic N) is 4. The van der Waals surface area contributed by atoms with Crippen molar-refractivity contribution in [3.8, 4) is 5.88 Å². The Labute approximate surface area is 158 Å². The van der Waals surface area contributed by atoms with E-state index in [9.17, 15) is 4.79 Å². The lowest BCUT2D eigenvalue weighted by molar-refractivity contribution is 0.0216. The molecule has 8 heteroatoms. The highest BCUT2D eigenvalue weighted by atomic mass is 35.5. The molecule has 3 rings (SSSR count). The highest BCUT2D eigenvalue weighted by Crippen LogP contribution is 2.22. The topological polar surface area (TPSA) is 77.4 Å². The van der Waals surface area contributed by atoms with E-state index in [1.54, 1.807) is 23.4 Å². The quantitative estimate of drug-likeness (QED) is 0.693. The Bertz CT molecular complexity index is 743. The standard InChI is InChI=1S/C10H19NO2.C8H6ClN3O/c1-10(2,3)13-9(12)11-7-5-4-6-8-11;1-13-8-7-5(4-6(9)12-8)10-2-3-11-7/h4-8H2,1-3H3;2-4H,1H3. The normalized spacial score (nSPS) is 14.4. The van der Waals surface area contributed by atoms with Gasteiger partial charge in [-0.15, -0.1) is 0 Å². The molecule has 3 heterocycles. The molecule has 0 N–H and O–H groups in total. The maximum absolute atomic E-state index is 11.5. The molecule has 2 aromatic heterocycles. The van der Waals surface area contributed by atoms with E-state index < -0.39 is 0 Å². The number of ether oxygens (including phenoxy) is 2. The van der Waals surface area contributed by atoms with Gasteiger partial charge in [0.15, 0.2) is 5.52 Å². The molecule has 0 unspecified atom stereocenters. The van der Waals surface area contributed by atoms with Crippen molar-refractivity contribution in [3.05, 3.63) is 23.6 Å². The summed E-state index contributed by atoms with van der Waals surface area (Å²) in [6.45, 7) is 7.41. The Morgan fingerprint density at radius 2 is 1.81 bits per heavy atom. The Hall–Kier alpha value is -2.15. The van der Waals surface area contributed by atoms with Crippen LogP contribution in [-0.4, -0.2) is 51.7 Å². The summed E-state index contributed by atoms with van der Waals surface area (Å²) in [6.07, 6.45) is 6.48. The molecule has 0 aromatic carbocycles. The lowest BCUT2D eigenvalue weighted by Crippen LogP contribution is -2.39. The summed E-state index contributed by atoms with van der Waals surface area (Å²) in [4.78, 5) is 25.4. The average Bonchev–Trinajstić information content (AvgIpc) is 2.61. The molecule has 1 saturated heterocycles. The zero-order valence-corrected chi connectivity index (χ0v) is 16.4. The first-order valence-corrected chi connectivity index (χ1v) is 8.97. The molecular weight excluding hydrogens is 356 g/mol. The number of amides is 1. The van der Waals surface area contributed by atoms with E-state index in [1.807, 2.05) is 20.8 Å². The van der Waals surface area contributed by atoms with E-state index in [4.69, 9.17) is 21.1 Å². The van der Waals surface area contributed by atoms with Gasteiger partial charge < -0.3 is 14.4 Å². The highest BCUT2D eigenvalue weighted by molar-refractivity contribution is 6.30. The molecule has 142 valence electrons. The lowest BCUT2D eigenvalue weighted by Gasteiger charge is -2.29. The van der Waals surface area contributed by atoms with Gasteiger partial charge in [0.25, 0.3) is 0 Å². The molecule has 1 aliphatic heterocycles. The molecule has 7 nitrogen and oxygen atoms in total. The number of halogens is 1. The number of pyridine rings is 1. The van der Waals surface area contributed by atoms with E-state index >= 15 is 0 Å². The SMILES string of the molecule is CC(C)(C)OC(=O)N1CCCCC1.COc1nc(Cl)cc2nccnc12. The van der Waals surface area contributed by atoms with E-state index in [0.717, 1.165) is 25.9 Å². The summed E-state index contributed by atoms with van der Waals surface area (Å²) in [5, 5.41) is 0.352. The maximum atomic E-state index is 11.5. The van der Waals surface area contributed by atoms with Gasteiger partial charge in [0.2, 0.25) is 5.88 Å². The summed E-state index contributed by atoms with van der Waals surface area (Å²) in [6, 6.07) is 1.65. The Kier molecular flexibility index (Phi) is 6.97. The fourth-order valence-corrected chi connectivity index (χ4v) is 2.64. The molecule has 0 aliphatic carbocycles. The minimum atomic E-state index is -0.367. The van der Waals surface area contributed by atoms with E-state index in [2.05, 4.69) is 15.0 Å². The van der Waals surface area contributed by atoms with Crippen molar-refractivity contribution in [2.24, 2.45) is 0 Å². The zero-order valence-electron chi connectivity index (χ0n) is 15.7. The monoisotopic (exact) mass is 380 g/mol. The third kappa shape index (κ3) is 5.98. The third-order valence-electron chi connectivity index (χ3n) is 3.59. The first-order valence-electron chi connectivity index (χ1n) is 8.59. The van der Waals surface area contributed by atoms with Gasteiger partial charge in [0.05, 0.1) is 12.6 Å². The molecule has 0 atom stereocenters. The van der Waals surface area contributed by atoms with Crippen molar-refractivity contribution in [2.45, 2.75) is 45.6 Å². The van der Waals surface area contributed by atoms with Crippen molar-refractivity contribution in [1.82, 2.24) is 19.9 Å². The number of carbonyl (C=O) groups excluding carboxylic acids is 1. The fourth-order valence-electron chi connectivity index (χ4n) is 2.46. The largest absolute Gasteiger partial charge is 0.479 e. The van der Waals surface area contributed by atoms with Crippen LogP contribution in [0.25, 0.3) is 11.0 Å². The second kappa shape index (κ2) is 8.98. The Morgan fingerprint density at radius 3 is 2.42 bits per heavy atom. The Morgan fingerprint density at radius 1 is 1.15 bits per heavy atom. The molecular formula is C18H25ClN4O3. The molecule has 0 radical (unpaired) electrons. The molecule has 26 heavy (non-hydrogen) atoms. The van der Waals surface area contributed by atoms with Crippen LogP contribution < -0.4 is 4.74 Å². The van der Waals surface area contributed by atoms with Gasteiger partial charge in [-0.3, -0.25) is 4.98 Å². The van der Waals surface area contributed by atoms with Gasteiger partial charge in [-0.1, -0.05) is 11.6 Å². The van der Waals surface area contributed by atoms with E-state index in [1.165, 1.54) is 13.5 Å². The van der Waals surface area contributed by atoms with Gasteiger partial charge in [0.1, 0.15) is 10.8 Å². The van der Waals surface area contributed by atoms with E-state index in [-0.39, 0.29) is 11.7 Å². The number of carbonyl (C=O) groups is 1. The van der Waals surface area contributed by atoms with Crippen LogP contribution in [0.4, 0.5) is 4.79 Å². The molecule has 2 aromatic rings. The Balaban J connectivity index is 0.000000187. The van der Waals surface area contributed by atoms with Crippen LogP contribution in [0.5, 0.6) is 5.88 Å². The highest BCUT2D eigenvalue weighted by Gasteiger charge is 2.22. The van der Waals surface area contributed by atoms with Crippen LogP contribution in [0.3, 0.4) is 0 Å². The summed E-state index contributed by atoms with van der Waals surface area (Å²) in [7, 11) is 1.52. The second-order valence-electron chi connectivity index (χ2n) is 6.91. The molecule has 1 amide bonds. The summed E-state index contributed by atoms with van der Waals surface area (Å²) in [5.41, 5.74) is 0.933. The number of methoxy groups -OCH3 is 1. The van der Waals surface area contributed by atoms with Crippen LogP contribution in [0.1, 0.15) is 40.0 Å². The minimum absolute atomic E-state index is 0.160. The third-order valence-corrected chi connectivity index (χ3v) is 3.79. The first-order chi connectivity index (χ1) is 12.3. The molecule has 1 aliphatic rings. The number of hydrogen-bond acceptors (Lipinski definition) is 6. The van der Waals surface area contributed by atoms with Crippen LogP contribution in [0, 0.1) is 0 Å². The molecule has 0 spiro atoms. The van der Waals surface area contributed by atoms with Crippen LogP contribution >= 0.6 is 11.6 Å². The summed E-state index contributed by atoms with van der Waals surface area (Å²) < 4.78 is 10.3. The van der Waals surface area contributed by atoms with Crippen molar-refractivity contribution < 1.29 is 14.3 Å². The predicted octanol–water partition coefficient (Wildman–Crippen LogP) is 4.09. The van der Waals surface area contributed by atoms with E-state index in [0.29, 0.717) is 22.1 Å². The van der Waals surface area contributed by atoms with Gasteiger partial charge in [-0.2, -0.15) is 4.98 Å². The predicted molar refractivity (Wildman–Crippen MR) is 101 cm³/mol. The van der Waals surface area contributed by atoms with Gasteiger partial charge in [-0.05, 0) is 40.0 Å². The molecule has 0 bridgehead atoms. The van der Waals surface area contributed by atoms with Gasteiger partial charge >= 0.3 is 6.09 Å². The maximum Gasteiger partial charge on any atom is 0.410 e. The average molecular weight is 381 g/mol. The molecule has 0 saturated carbocycles. The molecule has 1 fully saturated rings. The minimum Gasteiger partial charge on any atom is -0.479 e. The number of aromatic nitrogens is 3. The fraction of sp³-hybridized carbons (Fsp3) is 0.556.